The van der Waals surface area contributed by atoms with Crippen LogP contribution >= 0.6 is 11.6 Å². The second kappa shape index (κ2) is 10.0. The first-order valence-electron chi connectivity index (χ1n) is 11.9. The standard InChI is InChI=1S/C26H28ClN7O3/c1-13-23(22-14(2)33-37-16(22)4)31-24(32-25(13)34-10-17-9-29-12-30-21(17)11-34)19-8-18(6-7-20(19)27)36-26(28-5)15(3)35/h6-9,12,15,26,28,35H,10-11H2,1-5H3. The zero-order valence-corrected chi connectivity index (χ0v) is 22.0. The van der Waals surface area contributed by atoms with Crippen molar-refractivity contribution in [2.45, 2.75) is 53.1 Å². The van der Waals surface area contributed by atoms with Crippen molar-refractivity contribution in [2.24, 2.45) is 0 Å². The van der Waals surface area contributed by atoms with E-state index in [4.69, 9.17) is 30.8 Å². The largest absolute Gasteiger partial charge is 0.473 e. The number of likely N-dealkylation sites (N-methyl/N-ethyl adjacent to an activating group) is 1. The molecule has 0 saturated heterocycles. The van der Waals surface area contributed by atoms with Gasteiger partial charge in [-0.05, 0) is 52.9 Å². The molecule has 11 heteroatoms. The number of benzene rings is 1. The Balaban J connectivity index is 1.65. The van der Waals surface area contributed by atoms with Gasteiger partial charge < -0.3 is 19.3 Å². The van der Waals surface area contributed by atoms with Crippen LogP contribution in [0.4, 0.5) is 5.82 Å². The minimum absolute atomic E-state index is 0.436. The van der Waals surface area contributed by atoms with Gasteiger partial charge in [0.05, 0.1) is 34.2 Å². The molecule has 0 amide bonds. The Hall–Kier alpha value is -3.60. The number of aromatic nitrogens is 5. The van der Waals surface area contributed by atoms with Crippen LogP contribution in [0, 0.1) is 20.8 Å². The number of rotatable bonds is 7. The Kier molecular flexibility index (Phi) is 6.80. The molecule has 1 aliphatic heterocycles. The lowest BCUT2D eigenvalue weighted by molar-refractivity contribution is 0.0321. The second-order valence-electron chi connectivity index (χ2n) is 9.10. The van der Waals surface area contributed by atoms with E-state index < -0.39 is 12.3 Å². The predicted octanol–water partition coefficient (Wildman–Crippen LogP) is 3.99. The molecule has 4 aromatic rings. The van der Waals surface area contributed by atoms with E-state index in [-0.39, 0.29) is 0 Å². The monoisotopic (exact) mass is 521 g/mol. The summed E-state index contributed by atoms with van der Waals surface area (Å²) in [5.74, 6) is 2.39. The number of fused-ring (bicyclic) bond motifs is 1. The Morgan fingerprint density at radius 3 is 2.68 bits per heavy atom. The Labute approximate surface area is 219 Å². The zero-order valence-electron chi connectivity index (χ0n) is 21.3. The lowest BCUT2D eigenvalue weighted by Gasteiger charge is -2.23. The zero-order chi connectivity index (χ0) is 26.3. The van der Waals surface area contributed by atoms with E-state index in [1.165, 1.54) is 0 Å². The first-order valence-corrected chi connectivity index (χ1v) is 12.3. The molecular weight excluding hydrogens is 494 g/mol. The van der Waals surface area contributed by atoms with Crippen molar-refractivity contribution in [1.82, 2.24) is 30.4 Å². The van der Waals surface area contributed by atoms with E-state index in [9.17, 15) is 5.11 Å². The van der Waals surface area contributed by atoms with Crippen LogP contribution in [0.3, 0.4) is 0 Å². The van der Waals surface area contributed by atoms with Crippen molar-refractivity contribution in [1.29, 1.82) is 0 Å². The number of aliphatic hydroxyl groups is 1. The molecular formula is C26H28ClN7O3. The highest BCUT2D eigenvalue weighted by Gasteiger charge is 2.28. The van der Waals surface area contributed by atoms with Crippen LogP contribution in [0.2, 0.25) is 5.02 Å². The van der Waals surface area contributed by atoms with Crippen LogP contribution in [-0.4, -0.2) is 49.6 Å². The van der Waals surface area contributed by atoms with Crippen molar-refractivity contribution < 1.29 is 14.4 Å². The summed E-state index contributed by atoms with van der Waals surface area (Å²) in [6.07, 6.45) is 2.09. The maximum atomic E-state index is 10.0. The van der Waals surface area contributed by atoms with Gasteiger partial charge in [-0.3, -0.25) is 5.32 Å². The van der Waals surface area contributed by atoms with Gasteiger partial charge in [-0.15, -0.1) is 0 Å². The highest BCUT2D eigenvalue weighted by Crippen LogP contribution is 2.38. The SMILES string of the molecule is CNC(Oc1ccc(Cl)c(-c2nc(-c3c(C)noc3C)c(C)c(N3Cc4cncnc4C3)n2)c1)C(C)O. The van der Waals surface area contributed by atoms with Gasteiger partial charge in [-0.25, -0.2) is 19.9 Å². The van der Waals surface area contributed by atoms with E-state index >= 15 is 0 Å². The minimum Gasteiger partial charge on any atom is -0.473 e. The summed E-state index contributed by atoms with van der Waals surface area (Å²) in [5.41, 5.74) is 5.81. The fourth-order valence-corrected chi connectivity index (χ4v) is 4.74. The number of aliphatic hydroxyl groups excluding tert-OH is 1. The lowest BCUT2D eigenvalue weighted by Crippen LogP contribution is -2.40. The van der Waals surface area contributed by atoms with E-state index in [2.05, 4.69) is 25.3 Å². The smallest absolute Gasteiger partial charge is 0.175 e. The number of nitrogens with one attached hydrogen (secondary N) is 1. The maximum Gasteiger partial charge on any atom is 0.175 e. The minimum atomic E-state index is -0.725. The topological polar surface area (TPSA) is 122 Å². The number of nitrogens with zero attached hydrogens (tertiary/aromatic N) is 6. The van der Waals surface area contributed by atoms with Crippen molar-refractivity contribution >= 4 is 17.4 Å². The highest BCUT2D eigenvalue weighted by molar-refractivity contribution is 6.33. The molecule has 37 heavy (non-hydrogen) atoms. The lowest BCUT2D eigenvalue weighted by atomic mass is 10.0. The molecule has 0 bridgehead atoms. The van der Waals surface area contributed by atoms with E-state index in [0.29, 0.717) is 41.0 Å². The summed E-state index contributed by atoms with van der Waals surface area (Å²) >= 11 is 6.67. The second-order valence-corrected chi connectivity index (χ2v) is 9.51. The Morgan fingerprint density at radius 1 is 1.19 bits per heavy atom. The number of aryl methyl sites for hydroxylation is 2. The number of hydrogen-bond donors (Lipinski definition) is 2. The number of halogens is 1. The van der Waals surface area contributed by atoms with Crippen LogP contribution in [0.15, 0.2) is 35.2 Å². The van der Waals surface area contributed by atoms with Crippen molar-refractivity contribution in [3.8, 4) is 28.4 Å². The normalized spacial score (nSPS) is 14.5. The van der Waals surface area contributed by atoms with Gasteiger partial charge >= 0.3 is 0 Å². The predicted molar refractivity (Wildman–Crippen MR) is 139 cm³/mol. The van der Waals surface area contributed by atoms with Crippen LogP contribution in [0.5, 0.6) is 5.75 Å². The molecule has 4 heterocycles. The third kappa shape index (κ3) is 4.75. The van der Waals surface area contributed by atoms with E-state index in [0.717, 1.165) is 39.6 Å². The van der Waals surface area contributed by atoms with Gasteiger partial charge in [0.15, 0.2) is 12.1 Å². The Bertz CT molecular complexity index is 1410. The number of ether oxygens (including phenoxy) is 1. The number of anilines is 1. The summed E-state index contributed by atoms with van der Waals surface area (Å²) in [5, 5.41) is 17.6. The molecule has 1 aromatic carbocycles. The van der Waals surface area contributed by atoms with Crippen LogP contribution < -0.4 is 15.0 Å². The van der Waals surface area contributed by atoms with Gasteiger partial charge in [0.2, 0.25) is 0 Å². The third-order valence-electron chi connectivity index (χ3n) is 6.44. The molecule has 5 rings (SSSR count). The molecule has 3 aromatic heterocycles. The molecule has 2 unspecified atom stereocenters. The van der Waals surface area contributed by atoms with Crippen LogP contribution in [-0.2, 0) is 13.1 Å². The average molecular weight is 522 g/mol. The van der Waals surface area contributed by atoms with E-state index in [1.807, 2.05) is 27.0 Å². The van der Waals surface area contributed by atoms with Gasteiger partial charge in [-0.2, -0.15) is 0 Å². The summed E-state index contributed by atoms with van der Waals surface area (Å²) in [6.45, 7) is 8.64. The maximum absolute atomic E-state index is 10.0. The molecule has 2 N–H and O–H groups in total. The first kappa shape index (κ1) is 25.1. The quantitative estimate of drug-likeness (QED) is 0.345. The van der Waals surface area contributed by atoms with Gasteiger partial charge in [-0.1, -0.05) is 16.8 Å². The van der Waals surface area contributed by atoms with Gasteiger partial charge in [0.25, 0.3) is 0 Å². The first-order chi connectivity index (χ1) is 17.8. The van der Waals surface area contributed by atoms with Crippen molar-refractivity contribution in [3.05, 3.63) is 64.0 Å². The molecule has 1 aliphatic rings. The summed E-state index contributed by atoms with van der Waals surface area (Å²) in [7, 11) is 1.72. The summed E-state index contributed by atoms with van der Waals surface area (Å²) in [4.78, 5) is 20.7. The molecule has 10 nitrogen and oxygen atoms in total. The third-order valence-corrected chi connectivity index (χ3v) is 6.77. The molecule has 0 aliphatic carbocycles. The average Bonchev–Trinajstić information content (AvgIpc) is 3.46. The number of hydrogen-bond acceptors (Lipinski definition) is 10. The molecule has 0 saturated carbocycles. The summed E-state index contributed by atoms with van der Waals surface area (Å²) < 4.78 is 11.4. The van der Waals surface area contributed by atoms with Gasteiger partial charge in [0.1, 0.15) is 29.8 Å². The molecule has 0 spiro atoms. The van der Waals surface area contributed by atoms with Gasteiger partial charge in [0, 0.05) is 29.4 Å². The fraction of sp³-hybridized carbons (Fsp3) is 0.346. The molecule has 2 atom stereocenters. The molecule has 0 fully saturated rings. The van der Waals surface area contributed by atoms with Crippen LogP contribution in [0.25, 0.3) is 22.6 Å². The van der Waals surface area contributed by atoms with E-state index in [1.54, 1.807) is 38.5 Å². The molecule has 0 radical (unpaired) electrons. The Morgan fingerprint density at radius 2 is 2.00 bits per heavy atom. The fourth-order valence-electron chi connectivity index (χ4n) is 4.54. The van der Waals surface area contributed by atoms with Crippen LogP contribution in [0.1, 0.15) is 35.2 Å². The summed E-state index contributed by atoms with van der Waals surface area (Å²) in [6, 6.07) is 5.27. The van der Waals surface area contributed by atoms with Crippen molar-refractivity contribution in [2.75, 3.05) is 11.9 Å². The highest BCUT2D eigenvalue weighted by atomic mass is 35.5. The molecule has 192 valence electrons. The van der Waals surface area contributed by atoms with Crippen molar-refractivity contribution in [3.63, 3.8) is 0 Å².